The van der Waals surface area contributed by atoms with Crippen molar-refractivity contribution in [2.45, 2.75) is 62.9 Å². The van der Waals surface area contributed by atoms with Crippen LogP contribution in [0.4, 0.5) is 0 Å². The molecule has 1 N–H and O–H groups in total. The van der Waals surface area contributed by atoms with E-state index >= 15 is 0 Å². The predicted molar refractivity (Wildman–Crippen MR) is 82.2 cm³/mol. The Morgan fingerprint density at radius 1 is 1.52 bits per heavy atom. The summed E-state index contributed by atoms with van der Waals surface area (Å²) in [5.41, 5.74) is 0.377. The van der Waals surface area contributed by atoms with Gasteiger partial charge in [-0.1, -0.05) is 13.3 Å². The molecule has 1 aromatic rings. The van der Waals surface area contributed by atoms with Crippen molar-refractivity contribution in [2.75, 3.05) is 0 Å². The van der Waals surface area contributed by atoms with Crippen LogP contribution in [0.15, 0.2) is 17.2 Å². The molecule has 5 nitrogen and oxygen atoms in total. The van der Waals surface area contributed by atoms with Crippen LogP contribution in [-0.4, -0.2) is 24.9 Å². The number of carbonyl (C=O) groups excluding carboxylic acids is 1. The Balaban J connectivity index is 2.28. The minimum absolute atomic E-state index is 0.00985. The van der Waals surface area contributed by atoms with Gasteiger partial charge in [0.15, 0.2) is 0 Å². The molecular weight excluding hydrogens is 312 g/mol. The number of hydrogen-bond donors (Lipinski definition) is 1. The van der Waals surface area contributed by atoms with Crippen molar-refractivity contribution in [2.24, 2.45) is 0 Å². The second-order valence-electron chi connectivity index (χ2n) is 5.65. The number of nitrogens with one attached hydrogen (secondary N) is 1. The number of halogens is 1. The summed E-state index contributed by atoms with van der Waals surface area (Å²) in [5.74, 6) is -0.241. The highest BCUT2D eigenvalue weighted by atomic mass is 35.7. The molecule has 1 aromatic heterocycles. The fourth-order valence-corrected chi connectivity index (χ4v) is 3.28. The molecule has 0 spiro atoms. The molecule has 1 atom stereocenters. The summed E-state index contributed by atoms with van der Waals surface area (Å²) in [6, 6.07) is 1.62. The third kappa shape index (κ3) is 3.80. The molecule has 1 fully saturated rings. The highest BCUT2D eigenvalue weighted by Crippen LogP contribution is 2.34. The zero-order valence-corrected chi connectivity index (χ0v) is 13.9. The quantitative estimate of drug-likeness (QED) is 0.814. The molecule has 1 saturated carbocycles. The molecule has 7 heteroatoms. The molecule has 0 bridgehead atoms. The van der Waals surface area contributed by atoms with E-state index in [0.29, 0.717) is 5.69 Å². The number of carbonyl (C=O) groups is 1. The van der Waals surface area contributed by atoms with E-state index in [1.54, 1.807) is 4.57 Å². The molecule has 0 aromatic carbocycles. The first kappa shape index (κ1) is 16.4. The number of amides is 1. The monoisotopic (exact) mass is 332 g/mol. The summed E-state index contributed by atoms with van der Waals surface area (Å²) in [7, 11) is 1.57. The second-order valence-corrected chi connectivity index (χ2v) is 8.22. The summed E-state index contributed by atoms with van der Waals surface area (Å²) in [4.78, 5) is 12.4. The molecule has 2 rings (SSSR count). The zero-order chi connectivity index (χ0) is 15.6. The average molecular weight is 333 g/mol. The minimum atomic E-state index is -3.82. The molecule has 1 amide bonds. The normalized spacial score (nSPS) is 17.3. The van der Waals surface area contributed by atoms with Crippen LogP contribution in [0.5, 0.6) is 0 Å². The van der Waals surface area contributed by atoms with Gasteiger partial charge in [0.25, 0.3) is 15.0 Å². The van der Waals surface area contributed by atoms with E-state index in [4.69, 9.17) is 10.7 Å². The summed E-state index contributed by atoms with van der Waals surface area (Å²) >= 11 is 0. The first-order valence-electron chi connectivity index (χ1n) is 7.30. The lowest BCUT2D eigenvalue weighted by Gasteiger charge is -2.29. The van der Waals surface area contributed by atoms with Gasteiger partial charge < -0.3 is 9.88 Å². The van der Waals surface area contributed by atoms with Crippen molar-refractivity contribution in [3.63, 3.8) is 0 Å². The van der Waals surface area contributed by atoms with Gasteiger partial charge >= 0.3 is 0 Å². The largest absolute Gasteiger partial charge is 0.348 e. The van der Waals surface area contributed by atoms with E-state index in [1.807, 2.05) is 6.92 Å². The maximum absolute atomic E-state index is 12.4. The highest BCUT2D eigenvalue weighted by molar-refractivity contribution is 8.13. The van der Waals surface area contributed by atoms with Crippen molar-refractivity contribution >= 4 is 25.6 Å². The van der Waals surface area contributed by atoms with Crippen molar-refractivity contribution in [3.8, 4) is 0 Å². The van der Waals surface area contributed by atoms with Gasteiger partial charge in [0.05, 0.1) is 0 Å². The molecule has 1 aliphatic rings. The molecule has 1 unspecified atom stereocenters. The molecule has 1 aliphatic carbocycles. The molecular formula is C14H21ClN2O3S. The summed E-state index contributed by atoms with van der Waals surface area (Å²) in [6.07, 6.45) is 6.36. The van der Waals surface area contributed by atoms with Gasteiger partial charge in [0.2, 0.25) is 0 Å². The van der Waals surface area contributed by atoms with Gasteiger partial charge in [-0.15, -0.1) is 0 Å². The molecule has 1 heterocycles. The van der Waals surface area contributed by atoms with Gasteiger partial charge in [-0.05, 0) is 38.7 Å². The zero-order valence-electron chi connectivity index (χ0n) is 12.3. The summed E-state index contributed by atoms with van der Waals surface area (Å²) < 4.78 is 24.7. The van der Waals surface area contributed by atoms with Gasteiger partial charge in [-0.2, -0.15) is 0 Å². The van der Waals surface area contributed by atoms with E-state index in [1.165, 1.54) is 12.3 Å². The van der Waals surface area contributed by atoms with Crippen molar-refractivity contribution in [1.82, 2.24) is 9.88 Å². The third-order valence-electron chi connectivity index (χ3n) is 3.90. The third-order valence-corrected chi connectivity index (χ3v) is 5.23. The molecule has 0 saturated heterocycles. The van der Waals surface area contributed by atoms with E-state index in [-0.39, 0.29) is 22.9 Å². The van der Waals surface area contributed by atoms with E-state index in [9.17, 15) is 13.2 Å². The van der Waals surface area contributed by atoms with Gasteiger partial charge in [-0.3, -0.25) is 4.79 Å². The lowest BCUT2D eigenvalue weighted by atomic mass is 9.93. The molecule has 118 valence electrons. The van der Waals surface area contributed by atoms with Crippen LogP contribution >= 0.6 is 10.7 Å². The van der Waals surface area contributed by atoms with Crippen LogP contribution in [-0.2, 0) is 9.05 Å². The Morgan fingerprint density at radius 3 is 2.67 bits per heavy atom. The Bertz CT molecular complexity index is 620. The van der Waals surface area contributed by atoms with Crippen LogP contribution < -0.4 is 5.32 Å². The number of aromatic nitrogens is 1. The fraction of sp³-hybridized carbons (Fsp3) is 0.643. The van der Waals surface area contributed by atoms with Gasteiger partial charge in [0, 0.05) is 29.0 Å². The van der Waals surface area contributed by atoms with Crippen molar-refractivity contribution in [1.29, 1.82) is 0 Å². The first-order chi connectivity index (χ1) is 9.82. The molecule has 0 aliphatic heterocycles. The van der Waals surface area contributed by atoms with E-state index in [0.717, 1.165) is 32.1 Å². The van der Waals surface area contributed by atoms with Crippen molar-refractivity contribution in [3.05, 3.63) is 18.0 Å². The Kier molecular flexibility index (Phi) is 4.99. The minimum Gasteiger partial charge on any atom is -0.348 e. The van der Waals surface area contributed by atoms with E-state index in [2.05, 4.69) is 12.2 Å². The average Bonchev–Trinajstić information content (AvgIpc) is 2.71. The number of rotatable bonds is 6. The maximum Gasteiger partial charge on any atom is 0.268 e. The van der Waals surface area contributed by atoms with Crippen LogP contribution in [0.3, 0.4) is 0 Å². The van der Waals surface area contributed by atoms with Crippen molar-refractivity contribution < 1.29 is 13.2 Å². The number of nitrogens with zero attached hydrogens (tertiary/aromatic N) is 1. The lowest BCUT2D eigenvalue weighted by Crippen LogP contribution is -2.34. The molecule has 0 radical (unpaired) electrons. The Morgan fingerprint density at radius 2 is 2.19 bits per heavy atom. The fourth-order valence-electron chi connectivity index (χ4n) is 2.54. The Labute approximate surface area is 130 Å². The predicted octanol–water partition coefficient (Wildman–Crippen LogP) is 3.06. The van der Waals surface area contributed by atoms with Crippen LogP contribution in [0, 0.1) is 0 Å². The maximum atomic E-state index is 12.4. The van der Waals surface area contributed by atoms with Gasteiger partial charge in [-0.25, -0.2) is 8.42 Å². The van der Waals surface area contributed by atoms with E-state index < -0.39 is 9.05 Å². The van der Waals surface area contributed by atoms with Gasteiger partial charge in [0.1, 0.15) is 10.6 Å². The smallest absolute Gasteiger partial charge is 0.268 e. The van der Waals surface area contributed by atoms with Crippen LogP contribution in [0.25, 0.3) is 0 Å². The first-order valence-corrected chi connectivity index (χ1v) is 9.61. The topological polar surface area (TPSA) is 68.2 Å². The second kappa shape index (κ2) is 6.40. The standard InChI is InChI=1S/C14H21ClN2O3S/c1-3-5-10(2)16-14(18)13-8-12(21(15,19)20)9-17(13)11-6-4-7-11/h8-11H,3-7H2,1-2H3,(H,16,18). The summed E-state index contributed by atoms with van der Waals surface area (Å²) in [5, 5.41) is 2.91. The number of hydrogen-bond acceptors (Lipinski definition) is 3. The molecule has 21 heavy (non-hydrogen) atoms. The van der Waals surface area contributed by atoms with Crippen LogP contribution in [0.2, 0.25) is 0 Å². The Hall–Kier alpha value is -1.01. The lowest BCUT2D eigenvalue weighted by molar-refractivity contribution is 0.0923. The SMILES string of the molecule is CCCC(C)NC(=O)c1cc(S(=O)(=O)Cl)cn1C1CCC1. The highest BCUT2D eigenvalue weighted by Gasteiger charge is 2.27. The van der Waals surface area contributed by atoms with Crippen LogP contribution in [0.1, 0.15) is 62.5 Å². The summed E-state index contributed by atoms with van der Waals surface area (Å²) in [6.45, 7) is 4.00.